The fourth-order valence-corrected chi connectivity index (χ4v) is 2.71. The molecule has 2 amide bonds. The van der Waals surface area contributed by atoms with E-state index in [-0.39, 0.29) is 12.5 Å². The van der Waals surface area contributed by atoms with E-state index in [0.717, 1.165) is 18.4 Å². The molecule has 1 heterocycles. The van der Waals surface area contributed by atoms with Gasteiger partial charge in [0.2, 0.25) is 0 Å². The number of amides is 2. The van der Waals surface area contributed by atoms with Gasteiger partial charge in [-0.1, -0.05) is 11.6 Å². The highest BCUT2D eigenvalue weighted by Gasteiger charge is 2.27. The number of aliphatic hydroxyl groups excluding tert-OH is 1. The number of carbonyl (C=O) groups excluding carboxylic acids is 2. The SMILES string of the molecule is Cc1cc(Cl)ccc1NC(=O)C(=O)N1CCCC(CO)C1. The van der Waals surface area contributed by atoms with Crippen molar-refractivity contribution in [3.8, 4) is 0 Å². The number of benzene rings is 1. The maximum absolute atomic E-state index is 12.1. The van der Waals surface area contributed by atoms with Crippen LogP contribution in [0, 0.1) is 12.8 Å². The zero-order chi connectivity index (χ0) is 15.4. The smallest absolute Gasteiger partial charge is 0.313 e. The Labute approximate surface area is 128 Å². The van der Waals surface area contributed by atoms with Crippen LogP contribution in [-0.2, 0) is 9.59 Å². The van der Waals surface area contributed by atoms with Crippen LogP contribution in [-0.4, -0.2) is 41.5 Å². The van der Waals surface area contributed by atoms with E-state index >= 15 is 0 Å². The number of hydrogen-bond acceptors (Lipinski definition) is 3. The zero-order valence-electron chi connectivity index (χ0n) is 11.9. The third-order valence-corrected chi connectivity index (χ3v) is 3.93. The van der Waals surface area contributed by atoms with E-state index in [1.807, 2.05) is 6.92 Å². The largest absolute Gasteiger partial charge is 0.396 e. The second-order valence-corrected chi connectivity index (χ2v) is 5.79. The Hall–Kier alpha value is -1.59. The van der Waals surface area contributed by atoms with Gasteiger partial charge in [-0.25, -0.2) is 0 Å². The van der Waals surface area contributed by atoms with Gasteiger partial charge in [0.05, 0.1) is 0 Å². The molecule has 1 aliphatic heterocycles. The molecule has 1 atom stereocenters. The lowest BCUT2D eigenvalue weighted by Gasteiger charge is -2.31. The number of piperidine rings is 1. The van der Waals surface area contributed by atoms with Crippen LogP contribution in [0.3, 0.4) is 0 Å². The maximum atomic E-state index is 12.1. The average Bonchev–Trinajstić information content (AvgIpc) is 2.49. The van der Waals surface area contributed by atoms with Crippen molar-refractivity contribution in [3.63, 3.8) is 0 Å². The summed E-state index contributed by atoms with van der Waals surface area (Å²) in [6, 6.07) is 5.07. The second-order valence-electron chi connectivity index (χ2n) is 5.36. The number of likely N-dealkylation sites (tertiary alicyclic amines) is 1. The molecule has 1 aromatic carbocycles. The van der Waals surface area contributed by atoms with Crippen LogP contribution in [0.5, 0.6) is 0 Å². The fraction of sp³-hybridized carbons (Fsp3) is 0.467. The number of nitrogens with zero attached hydrogens (tertiary/aromatic N) is 1. The first kappa shape index (κ1) is 15.8. The summed E-state index contributed by atoms with van der Waals surface area (Å²) in [6.07, 6.45) is 1.70. The highest BCUT2D eigenvalue weighted by molar-refractivity contribution is 6.39. The molecule has 21 heavy (non-hydrogen) atoms. The van der Waals surface area contributed by atoms with Crippen molar-refractivity contribution in [2.24, 2.45) is 5.92 Å². The van der Waals surface area contributed by atoms with Gasteiger partial charge in [-0.3, -0.25) is 9.59 Å². The minimum atomic E-state index is -0.654. The number of carbonyl (C=O) groups is 2. The third kappa shape index (κ3) is 3.95. The Bertz CT molecular complexity index is 548. The van der Waals surface area contributed by atoms with Crippen LogP contribution in [0.1, 0.15) is 18.4 Å². The van der Waals surface area contributed by atoms with Gasteiger partial charge in [-0.2, -0.15) is 0 Å². The number of aliphatic hydroxyl groups is 1. The van der Waals surface area contributed by atoms with Crippen LogP contribution in [0.15, 0.2) is 18.2 Å². The second kappa shape index (κ2) is 6.91. The predicted molar refractivity (Wildman–Crippen MR) is 81.2 cm³/mol. The summed E-state index contributed by atoms with van der Waals surface area (Å²) < 4.78 is 0. The molecule has 2 N–H and O–H groups in total. The highest BCUT2D eigenvalue weighted by atomic mass is 35.5. The van der Waals surface area contributed by atoms with Crippen molar-refractivity contribution in [2.75, 3.05) is 25.0 Å². The van der Waals surface area contributed by atoms with E-state index in [1.54, 1.807) is 18.2 Å². The van der Waals surface area contributed by atoms with Crippen LogP contribution < -0.4 is 5.32 Å². The zero-order valence-corrected chi connectivity index (χ0v) is 12.7. The first-order chi connectivity index (χ1) is 10.0. The fourth-order valence-electron chi connectivity index (χ4n) is 2.49. The van der Waals surface area contributed by atoms with Crippen LogP contribution in [0.4, 0.5) is 5.69 Å². The summed E-state index contributed by atoms with van der Waals surface area (Å²) in [5, 5.41) is 12.4. The Morgan fingerprint density at radius 1 is 1.48 bits per heavy atom. The molecule has 1 fully saturated rings. The Morgan fingerprint density at radius 3 is 2.90 bits per heavy atom. The molecule has 1 aromatic rings. The van der Waals surface area contributed by atoms with Crippen LogP contribution >= 0.6 is 11.6 Å². The standard InChI is InChI=1S/C15H19ClN2O3/c1-10-7-12(16)4-5-13(10)17-14(20)15(21)18-6-2-3-11(8-18)9-19/h4-5,7,11,19H,2-3,6,8-9H2,1H3,(H,17,20). The van der Waals surface area contributed by atoms with E-state index in [4.69, 9.17) is 11.6 Å². The molecule has 0 aromatic heterocycles. The van der Waals surface area contributed by atoms with Crippen molar-refractivity contribution >= 4 is 29.1 Å². The number of aryl methyl sites for hydroxylation is 1. The molecule has 0 spiro atoms. The number of anilines is 1. The summed E-state index contributed by atoms with van der Waals surface area (Å²) >= 11 is 5.86. The summed E-state index contributed by atoms with van der Waals surface area (Å²) in [7, 11) is 0. The number of hydrogen-bond donors (Lipinski definition) is 2. The lowest BCUT2D eigenvalue weighted by molar-refractivity contribution is -0.144. The van der Waals surface area contributed by atoms with Crippen molar-refractivity contribution in [3.05, 3.63) is 28.8 Å². The van der Waals surface area contributed by atoms with Gasteiger partial charge in [0, 0.05) is 30.4 Å². The summed E-state index contributed by atoms with van der Waals surface area (Å²) in [4.78, 5) is 25.7. The van der Waals surface area contributed by atoms with Crippen molar-refractivity contribution in [2.45, 2.75) is 19.8 Å². The lowest BCUT2D eigenvalue weighted by atomic mass is 9.99. The van der Waals surface area contributed by atoms with Gasteiger partial charge < -0.3 is 15.3 Å². The molecule has 0 radical (unpaired) electrons. The normalized spacial score (nSPS) is 18.4. The molecule has 2 rings (SSSR count). The van der Waals surface area contributed by atoms with Gasteiger partial charge in [0.25, 0.3) is 0 Å². The van der Waals surface area contributed by atoms with Crippen LogP contribution in [0.25, 0.3) is 0 Å². The minimum Gasteiger partial charge on any atom is -0.396 e. The van der Waals surface area contributed by atoms with Crippen molar-refractivity contribution in [1.82, 2.24) is 4.90 Å². The summed E-state index contributed by atoms with van der Waals surface area (Å²) in [6.45, 7) is 2.85. The van der Waals surface area contributed by atoms with E-state index in [2.05, 4.69) is 5.32 Å². The van der Waals surface area contributed by atoms with E-state index in [1.165, 1.54) is 4.90 Å². The summed E-state index contributed by atoms with van der Waals surface area (Å²) in [5.41, 5.74) is 1.38. The average molecular weight is 311 g/mol. The van der Waals surface area contributed by atoms with E-state index < -0.39 is 11.8 Å². The predicted octanol–water partition coefficient (Wildman–Crippen LogP) is 1.82. The molecule has 1 saturated heterocycles. The Morgan fingerprint density at radius 2 is 2.24 bits per heavy atom. The van der Waals surface area contributed by atoms with Gasteiger partial charge in [0.15, 0.2) is 0 Å². The van der Waals surface area contributed by atoms with Crippen molar-refractivity contribution in [1.29, 1.82) is 0 Å². The highest BCUT2D eigenvalue weighted by Crippen LogP contribution is 2.20. The molecular weight excluding hydrogens is 292 g/mol. The molecule has 0 bridgehead atoms. The summed E-state index contributed by atoms with van der Waals surface area (Å²) in [5.74, 6) is -1.14. The molecular formula is C15H19ClN2O3. The third-order valence-electron chi connectivity index (χ3n) is 3.70. The molecule has 1 aliphatic rings. The number of halogens is 1. The molecule has 0 saturated carbocycles. The quantitative estimate of drug-likeness (QED) is 0.819. The maximum Gasteiger partial charge on any atom is 0.313 e. The monoisotopic (exact) mass is 310 g/mol. The van der Waals surface area contributed by atoms with Crippen molar-refractivity contribution < 1.29 is 14.7 Å². The van der Waals surface area contributed by atoms with Gasteiger partial charge in [-0.05, 0) is 49.4 Å². The first-order valence-electron chi connectivity index (χ1n) is 6.98. The number of nitrogens with one attached hydrogen (secondary N) is 1. The molecule has 1 unspecified atom stereocenters. The van der Waals surface area contributed by atoms with E-state index in [9.17, 15) is 14.7 Å². The minimum absolute atomic E-state index is 0.0433. The van der Waals surface area contributed by atoms with Crippen LogP contribution in [0.2, 0.25) is 5.02 Å². The molecule has 114 valence electrons. The number of rotatable bonds is 2. The topological polar surface area (TPSA) is 69.6 Å². The molecule has 0 aliphatic carbocycles. The molecule has 5 nitrogen and oxygen atoms in total. The lowest BCUT2D eigenvalue weighted by Crippen LogP contribution is -2.45. The first-order valence-corrected chi connectivity index (χ1v) is 7.36. The van der Waals surface area contributed by atoms with Gasteiger partial charge in [-0.15, -0.1) is 0 Å². The van der Waals surface area contributed by atoms with E-state index in [0.29, 0.717) is 23.8 Å². The van der Waals surface area contributed by atoms with Gasteiger partial charge in [0.1, 0.15) is 0 Å². The molecule has 6 heteroatoms. The van der Waals surface area contributed by atoms with Gasteiger partial charge >= 0.3 is 11.8 Å². The Balaban J connectivity index is 2.00. The Kier molecular flexibility index (Phi) is 5.20.